The molecule has 1 aliphatic carbocycles. The fourth-order valence-corrected chi connectivity index (χ4v) is 2.86. The van der Waals surface area contributed by atoms with Gasteiger partial charge in [-0.15, -0.1) is 0 Å². The molecule has 2 aliphatic rings. The molecule has 0 amide bonds. The van der Waals surface area contributed by atoms with Crippen molar-refractivity contribution < 1.29 is 14.3 Å². The number of carbonyl (C=O) groups excluding carboxylic acids is 1. The van der Waals surface area contributed by atoms with E-state index in [2.05, 4.69) is 20.8 Å². The van der Waals surface area contributed by atoms with Gasteiger partial charge in [-0.2, -0.15) is 0 Å². The number of carbonyl (C=O) groups is 1. The van der Waals surface area contributed by atoms with Crippen molar-refractivity contribution in [3.8, 4) is 0 Å². The van der Waals surface area contributed by atoms with Crippen LogP contribution in [0.1, 0.15) is 40.0 Å². The molecular weight excluding hydrogens is 216 g/mol. The average Bonchev–Trinajstić information content (AvgIpc) is 2.66. The fourth-order valence-electron chi connectivity index (χ4n) is 2.86. The summed E-state index contributed by atoms with van der Waals surface area (Å²) in [6.07, 6.45) is 6.42. The Labute approximate surface area is 103 Å². The fraction of sp³-hybridized carbons (Fsp3) is 0.786. The maximum Gasteiger partial charge on any atom is 0.333 e. The van der Waals surface area contributed by atoms with Gasteiger partial charge in [0.05, 0.1) is 6.10 Å². The number of ether oxygens (including phenoxy) is 2. The van der Waals surface area contributed by atoms with Gasteiger partial charge in [-0.1, -0.05) is 20.8 Å². The summed E-state index contributed by atoms with van der Waals surface area (Å²) in [5, 5.41) is 0. The summed E-state index contributed by atoms with van der Waals surface area (Å²) in [4.78, 5) is 11.0. The van der Waals surface area contributed by atoms with E-state index in [1.165, 1.54) is 18.9 Å². The quantitative estimate of drug-likeness (QED) is 0.709. The van der Waals surface area contributed by atoms with E-state index in [1.807, 2.05) is 0 Å². The Bertz CT molecular complexity index is 309. The normalized spacial score (nSPS) is 37.5. The largest absolute Gasteiger partial charge is 0.429 e. The second-order valence-electron chi connectivity index (χ2n) is 5.67. The SMILES string of the molecule is CC(C)[C@H]1C[C@H](C)CC[C@@H]1O[C@H]1C=CC(=O)O1. The summed E-state index contributed by atoms with van der Waals surface area (Å²) in [6.45, 7) is 6.80. The minimum absolute atomic E-state index is 0.228. The van der Waals surface area contributed by atoms with Gasteiger partial charge in [-0.05, 0) is 43.1 Å². The molecule has 0 aromatic rings. The lowest BCUT2D eigenvalue weighted by molar-refractivity contribution is -0.177. The van der Waals surface area contributed by atoms with Gasteiger partial charge in [-0.3, -0.25) is 0 Å². The molecule has 1 fully saturated rings. The Hall–Kier alpha value is -0.830. The van der Waals surface area contributed by atoms with E-state index in [0.29, 0.717) is 11.8 Å². The maximum atomic E-state index is 11.0. The van der Waals surface area contributed by atoms with Crippen molar-refractivity contribution in [1.82, 2.24) is 0 Å². The molecule has 0 bridgehead atoms. The Morgan fingerprint density at radius 1 is 1.41 bits per heavy atom. The molecule has 96 valence electrons. The van der Waals surface area contributed by atoms with Crippen LogP contribution in [0.3, 0.4) is 0 Å². The Balaban J connectivity index is 1.94. The smallest absolute Gasteiger partial charge is 0.333 e. The minimum Gasteiger partial charge on any atom is -0.429 e. The summed E-state index contributed by atoms with van der Waals surface area (Å²) in [5.74, 6) is 1.68. The maximum absolute atomic E-state index is 11.0. The molecule has 17 heavy (non-hydrogen) atoms. The first-order valence-corrected chi connectivity index (χ1v) is 6.60. The van der Waals surface area contributed by atoms with E-state index in [0.717, 1.165) is 12.3 Å². The summed E-state index contributed by atoms with van der Waals surface area (Å²) in [5.41, 5.74) is 0. The number of hydrogen-bond acceptors (Lipinski definition) is 3. The summed E-state index contributed by atoms with van der Waals surface area (Å²) < 4.78 is 11.0. The average molecular weight is 238 g/mol. The van der Waals surface area contributed by atoms with Crippen molar-refractivity contribution in [2.75, 3.05) is 0 Å². The van der Waals surface area contributed by atoms with Crippen LogP contribution < -0.4 is 0 Å². The molecule has 3 nitrogen and oxygen atoms in total. The third-order valence-corrected chi connectivity index (χ3v) is 3.88. The Morgan fingerprint density at radius 2 is 2.18 bits per heavy atom. The Morgan fingerprint density at radius 3 is 2.76 bits per heavy atom. The van der Waals surface area contributed by atoms with Crippen LogP contribution in [0.2, 0.25) is 0 Å². The summed E-state index contributed by atoms with van der Waals surface area (Å²) in [6, 6.07) is 0. The molecule has 4 atom stereocenters. The van der Waals surface area contributed by atoms with Crippen LogP contribution in [0.15, 0.2) is 12.2 Å². The van der Waals surface area contributed by atoms with Crippen molar-refractivity contribution >= 4 is 5.97 Å². The topological polar surface area (TPSA) is 35.5 Å². The van der Waals surface area contributed by atoms with Gasteiger partial charge >= 0.3 is 5.97 Å². The lowest BCUT2D eigenvalue weighted by Gasteiger charge is -2.37. The van der Waals surface area contributed by atoms with Crippen molar-refractivity contribution in [2.24, 2.45) is 17.8 Å². The van der Waals surface area contributed by atoms with Gasteiger partial charge in [0.25, 0.3) is 0 Å². The predicted molar refractivity (Wildman–Crippen MR) is 65.2 cm³/mol. The molecular formula is C14H22O3. The summed E-state index contributed by atoms with van der Waals surface area (Å²) in [7, 11) is 0. The monoisotopic (exact) mass is 238 g/mol. The molecule has 0 unspecified atom stereocenters. The zero-order chi connectivity index (χ0) is 12.4. The lowest BCUT2D eigenvalue weighted by atomic mass is 9.75. The molecule has 1 aliphatic heterocycles. The van der Waals surface area contributed by atoms with E-state index >= 15 is 0 Å². The second-order valence-corrected chi connectivity index (χ2v) is 5.67. The third-order valence-electron chi connectivity index (χ3n) is 3.88. The molecule has 0 N–H and O–H groups in total. The van der Waals surface area contributed by atoms with E-state index in [4.69, 9.17) is 9.47 Å². The van der Waals surface area contributed by atoms with Gasteiger partial charge in [0.15, 0.2) is 0 Å². The molecule has 0 radical (unpaired) electrons. The molecule has 0 saturated heterocycles. The van der Waals surface area contributed by atoms with Crippen molar-refractivity contribution in [1.29, 1.82) is 0 Å². The van der Waals surface area contributed by atoms with E-state index in [-0.39, 0.29) is 12.1 Å². The van der Waals surface area contributed by atoms with Crippen LogP contribution in [0, 0.1) is 17.8 Å². The van der Waals surface area contributed by atoms with Crippen LogP contribution in [-0.2, 0) is 14.3 Å². The number of cyclic esters (lactones) is 1. The van der Waals surface area contributed by atoms with Crippen molar-refractivity contribution in [3.05, 3.63) is 12.2 Å². The highest BCUT2D eigenvalue weighted by Gasteiger charge is 2.34. The number of hydrogen-bond donors (Lipinski definition) is 0. The number of esters is 1. The zero-order valence-electron chi connectivity index (χ0n) is 10.9. The van der Waals surface area contributed by atoms with E-state index in [1.54, 1.807) is 6.08 Å². The lowest BCUT2D eigenvalue weighted by Crippen LogP contribution is -2.36. The summed E-state index contributed by atoms with van der Waals surface area (Å²) >= 11 is 0. The van der Waals surface area contributed by atoms with Gasteiger partial charge in [0, 0.05) is 6.08 Å². The highest BCUT2D eigenvalue weighted by Crippen LogP contribution is 2.36. The molecule has 1 heterocycles. The molecule has 0 aromatic heterocycles. The van der Waals surface area contributed by atoms with Crippen LogP contribution in [0.5, 0.6) is 0 Å². The third kappa shape index (κ3) is 3.09. The van der Waals surface area contributed by atoms with Gasteiger partial charge in [-0.25, -0.2) is 4.79 Å². The van der Waals surface area contributed by atoms with Gasteiger partial charge in [0.2, 0.25) is 6.29 Å². The van der Waals surface area contributed by atoms with Crippen molar-refractivity contribution in [3.63, 3.8) is 0 Å². The molecule has 3 heteroatoms. The van der Waals surface area contributed by atoms with Gasteiger partial charge < -0.3 is 9.47 Å². The first kappa shape index (κ1) is 12.6. The van der Waals surface area contributed by atoms with Crippen LogP contribution in [0.4, 0.5) is 0 Å². The zero-order valence-corrected chi connectivity index (χ0v) is 10.9. The van der Waals surface area contributed by atoms with Crippen LogP contribution >= 0.6 is 0 Å². The Kier molecular flexibility index (Phi) is 3.87. The molecule has 2 rings (SSSR count). The standard InChI is InChI=1S/C14H22O3/c1-9(2)11-8-10(3)4-5-12(11)16-14-7-6-13(15)17-14/h6-7,9-12,14H,4-5,8H2,1-3H3/t10-,11-,12+,14-/m1/s1. The van der Waals surface area contributed by atoms with Crippen LogP contribution in [0.25, 0.3) is 0 Å². The second kappa shape index (κ2) is 5.21. The molecule has 0 spiro atoms. The predicted octanol–water partition coefficient (Wildman–Crippen LogP) is 2.90. The van der Waals surface area contributed by atoms with Crippen LogP contribution in [-0.4, -0.2) is 18.4 Å². The number of rotatable bonds is 3. The minimum atomic E-state index is -0.456. The van der Waals surface area contributed by atoms with E-state index in [9.17, 15) is 4.79 Å². The molecule has 1 saturated carbocycles. The highest BCUT2D eigenvalue weighted by atomic mass is 16.7. The van der Waals surface area contributed by atoms with Gasteiger partial charge in [0.1, 0.15) is 0 Å². The van der Waals surface area contributed by atoms with Crippen molar-refractivity contribution in [2.45, 2.75) is 52.4 Å². The highest BCUT2D eigenvalue weighted by molar-refractivity contribution is 5.84. The van der Waals surface area contributed by atoms with E-state index < -0.39 is 6.29 Å². The molecule has 0 aromatic carbocycles. The first-order chi connectivity index (χ1) is 8.06. The first-order valence-electron chi connectivity index (χ1n) is 6.60.